The SMILES string of the molecule is CC1CC2C=CC=C(CC[N-]C(C)(C)C)C2C1.CC1CC2C=CC=C(CC[N-]C(C)C)C2C1.CC1CC2C=CC=C(CC[N-]Cc3ccccc3)C2C1.C[N-]CCC1=CC=CC2CC(C)CC12.Cc1ccc([N-]CC2=CC=CC3CC(C)CC23)cc1.Cc1ccc([N-]CC2=CC=CC3CCCC23)cc1.[CH3-].[CH3-].[CH3-].[CH3-].[CH3-].[CH3-].[Cl][Ti][Cl].[Cl][Ti][Cl].[Cl][Ti][Cl].[Cl][Ti][Cl].[Cl][Ti][Cl].[Cl][Ti][Cl]. The Morgan fingerprint density at radius 3 is 0.953 bits per heavy atom. The van der Waals surface area contributed by atoms with Gasteiger partial charge >= 0.3 is 214 Å². The van der Waals surface area contributed by atoms with Crippen molar-refractivity contribution >= 4 is 123 Å². The summed E-state index contributed by atoms with van der Waals surface area (Å²) in [6, 6.07) is 28.0. The molecule has 128 heavy (non-hydrogen) atoms. The molecule has 3 aromatic carbocycles. The van der Waals surface area contributed by atoms with Crippen molar-refractivity contribution in [3.63, 3.8) is 0 Å². The van der Waals surface area contributed by atoms with Crippen LogP contribution in [-0.2, 0) is 109 Å². The fourth-order valence-electron chi connectivity index (χ4n) is 19.5. The molecule has 0 heterocycles. The van der Waals surface area contributed by atoms with Crippen molar-refractivity contribution in [2.45, 2.75) is 210 Å². The summed E-state index contributed by atoms with van der Waals surface area (Å²) in [6.45, 7) is 33.6. The zero-order valence-corrected chi connectivity index (χ0v) is 98.9. The number of rotatable bonds is 21. The first-order chi connectivity index (χ1) is 58.8. The molecule has 0 bridgehead atoms. The van der Waals surface area contributed by atoms with E-state index in [2.05, 4.69) is 282 Å². The molecule has 12 aliphatic carbocycles. The summed E-state index contributed by atoms with van der Waals surface area (Å²) in [6.07, 6.45) is 64.4. The van der Waals surface area contributed by atoms with Gasteiger partial charge in [-0.25, -0.2) is 0 Å². The Labute approximate surface area is 885 Å². The van der Waals surface area contributed by atoms with Crippen LogP contribution >= 0.6 is 112 Å². The zero-order chi connectivity index (χ0) is 89.6. The van der Waals surface area contributed by atoms with Crippen LogP contribution in [0, 0.1) is 159 Å². The molecule has 6 fully saturated rings. The summed E-state index contributed by atoms with van der Waals surface area (Å²) in [5, 5.41) is 27.7. The normalized spacial score (nSPS) is 25.3. The van der Waals surface area contributed by atoms with E-state index in [9.17, 15) is 0 Å². The van der Waals surface area contributed by atoms with Gasteiger partial charge in [-0.2, -0.15) is 7.05 Å². The van der Waals surface area contributed by atoms with Gasteiger partial charge in [0.15, 0.2) is 0 Å². The van der Waals surface area contributed by atoms with Gasteiger partial charge in [-0.05, 0) is 192 Å². The number of benzene rings is 3. The Morgan fingerprint density at radius 2 is 0.633 bits per heavy atom. The molecule has 0 aromatic heterocycles. The molecule has 24 heteroatoms. The number of hydrogen-bond donors (Lipinski definition) is 0. The van der Waals surface area contributed by atoms with Crippen LogP contribution in [0.3, 0.4) is 0 Å². The van der Waals surface area contributed by atoms with Crippen LogP contribution in [0.25, 0.3) is 31.9 Å². The van der Waals surface area contributed by atoms with E-state index in [1.807, 2.05) is 7.05 Å². The Morgan fingerprint density at radius 1 is 0.344 bits per heavy atom. The van der Waals surface area contributed by atoms with E-state index in [0.717, 1.165) is 171 Å². The predicted octanol–water partition coefficient (Wildman–Crippen LogP) is 38.7. The van der Waals surface area contributed by atoms with Gasteiger partial charge in [0.1, 0.15) is 0 Å². The summed E-state index contributed by atoms with van der Waals surface area (Å²) in [5.74, 6) is 14.1. The van der Waals surface area contributed by atoms with Crippen molar-refractivity contribution in [1.82, 2.24) is 0 Å². The van der Waals surface area contributed by atoms with E-state index in [-0.39, 0.29) is 50.1 Å². The minimum absolute atomic E-state index is 0. The Balaban J connectivity index is -0.00000140. The molecule has 6 nitrogen and oxygen atoms in total. The third kappa shape index (κ3) is 54.7. The van der Waals surface area contributed by atoms with Gasteiger partial charge in [0, 0.05) is 0 Å². The summed E-state index contributed by atoms with van der Waals surface area (Å²) < 4.78 is 0. The van der Waals surface area contributed by atoms with Crippen molar-refractivity contribution in [1.29, 1.82) is 0 Å². The maximum absolute atomic E-state index is 4.89. The summed E-state index contributed by atoms with van der Waals surface area (Å²) in [7, 11) is 60.6. The number of halogens is 12. The van der Waals surface area contributed by atoms with Gasteiger partial charge in [-0.3, -0.25) is 0 Å². The van der Waals surface area contributed by atoms with Crippen LogP contribution in [-0.4, -0.2) is 57.9 Å². The van der Waals surface area contributed by atoms with E-state index in [0.29, 0.717) is 6.04 Å². The second kappa shape index (κ2) is 80.3. The van der Waals surface area contributed by atoms with Crippen LogP contribution in [0.5, 0.6) is 0 Å². The molecule has 15 rings (SSSR count). The first-order valence-electron chi connectivity index (χ1n) is 43.9. The fourth-order valence-corrected chi connectivity index (χ4v) is 19.5. The third-order valence-corrected chi connectivity index (χ3v) is 24.8. The number of nitrogens with zero attached hydrogens (tertiary/aromatic N) is 6. The van der Waals surface area contributed by atoms with Crippen molar-refractivity contribution in [3.8, 4) is 0 Å². The van der Waals surface area contributed by atoms with Crippen LogP contribution in [0.15, 0.2) is 222 Å². The summed E-state index contributed by atoms with van der Waals surface area (Å²) in [4.78, 5) is 0. The second-order valence-electron chi connectivity index (χ2n) is 35.6. The predicted molar refractivity (Wildman–Crippen MR) is 560 cm³/mol. The van der Waals surface area contributed by atoms with E-state index in [4.69, 9.17) is 133 Å². The van der Waals surface area contributed by atoms with Crippen LogP contribution in [0.2, 0.25) is 0 Å². The number of fused-ring (bicyclic) bond motifs is 6. The molecule has 0 radical (unpaired) electrons. The molecule has 6 saturated carbocycles. The van der Waals surface area contributed by atoms with Crippen LogP contribution < -0.4 is 0 Å². The van der Waals surface area contributed by atoms with Gasteiger partial charge in [0.05, 0.1) is 0 Å². The number of hydrogen-bond acceptors (Lipinski definition) is 0. The molecular weight excluding hydrogens is 2050 g/mol. The standard InChI is InChI=1S/C19H24N.C18H22N.C17H20N.C16H26N.C15H24N.C13H20N.6CH3.12ClH.6Ti/c1-15-12-18-9-5-8-17(19(18)13-15)10-11-20-14-16-6-3-2-4-7-16;1-13-6-8-17(9-7-13)19-12-16-5-3-4-15-10-14(2)11-18(15)16;1-13-8-10-16(11-9-13)18-12-15-6-2-4-14-5-3-7-17(14)15;1-12-10-14-7-5-6-13(15(14)11-12)8-9-17-16(2,3)4;1-11(2)16-8-7-13-5-4-6-14-9-12(3)10-15(13)14;1-10-8-12-5-3-4-11(6-7-14-2)13(12)9-10;;;;;;;;;;;;;;;;;;;;;;;;/h2-9,15,18-19H,10-14H2,1H3;3-9,14-15,18H,10-12H2,1-2H3;2,4,6,8-11,14,17H,3,5,7,12H2,1H3;5-7,12,14-15H,8-11H2,1-4H3;4-6,11-12,14-15H,7-10H2,1-3H3;3-5,10,12-13H,6-9H2,1-2H3;6*1H3;12*1H;;;;;;/q12*-1;;;;;;;;;;;;;6*+2/p-12. The van der Waals surface area contributed by atoms with Crippen molar-refractivity contribution in [2.24, 2.45) is 101 Å². The quantitative estimate of drug-likeness (QED) is 0.0578. The second-order valence-corrected chi connectivity index (χ2v) is 51.1. The molecule has 12 aliphatic rings. The van der Waals surface area contributed by atoms with Gasteiger partial charge < -0.3 is 76.5 Å². The molecule has 17 unspecified atom stereocenters. The molecule has 720 valence electrons. The minimum atomic E-state index is -0.556. The van der Waals surface area contributed by atoms with Crippen molar-refractivity contribution in [2.75, 3.05) is 46.3 Å². The molecule has 0 amide bonds. The Hall–Kier alpha value is 1.75. The van der Waals surface area contributed by atoms with E-state index >= 15 is 0 Å². The first-order valence-corrected chi connectivity index (χ1v) is 69.7. The van der Waals surface area contributed by atoms with Crippen LogP contribution in [0.1, 0.15) is 195 Å². The number of allylic oxidation sites excluding steroid dienone is 18. The van der Waals surface area contributed by atoms with Crippen LogP contribution in [0.4, 0.5) is 11.4 Å². The Bertz CT molecular complexity index is 3670. The van der Waals surface area contributed by atoms with E-state index in [1.54, 1.807) is 22.3 Å². The van der Waals surface area contributed by atoms with E-state index < -0.39 is 102 Å². The number of aryl methyl sites for hydroxylation is 2. The van der Waals surface area contributed by atoms with Gasteiger partial charge in [-0.15, -0.1) is 68.8 Å². The monoisotopic (exact) mass is 2190 g/mol. The average Bonchev–Trinajstić information content (AvgIpc) is 1.87. The topological polar surface area (TPSA) is 84.6 Å². The first kappa shape index (κ1) is 134. The Kier molecular flexibility index (Phi) is 84.0. The van der Waals surface area contributed by atoms with Crippen molar-refractivity contribution < 1.29 is 102 Å². The molecule has 3 aromatic rings. The molecule has 0 saturated heterocycles. The van der Waals surface area contributed by atoms with Gasteiger partial charge in [-0.1, -0.05) is 340 Å². The zero-order valence-electron chi connectivity index (χ0n) is 80.5. The molecule has 0 N–H and O–H groups in total. The van der Waals surface area contributed by atoms with Crippen molar-refractivity contribution in [3.05, 3.63) is 315 Å². The fraction of sp³-hybridized carbons (Fsp3) is 0.538. The summed E-state index contributed by atoms with van der Waals surface area (Å²) in [5.41, 5.74) is 15.9. The molecular formula is C104H154Cl12N6Ti6-12. The molecule has 0 aliphatic heterocycles. The van der Waals surface area contributed by atoms with Gasteiger partial charge in [0.25, 0.3) is 0 Å². The third-order valence-electron chi connectivity index (χ3n) is 24.8. The summed E-state index contributed by atoms with van der Waals surface area (Å²) >= 11 is -3.33. The molecule has 0 spiro atoms. The van der Waals surface area contributed by atoms with Gasteiger partial charge in [0.2, 0.25) is 0 Å². The average molecular weight is 2200 g/mol. The molecule has 17 atom stereocenters. The maximum atomic E-state index is 4.89. The van der Waals surface area contributed by atoms with E-state index in [1.165, 1.54) is 124 Å².